The van der Waals surface area contributed by atoms with Gasteiger partial charge in [0.15, 0.2) is 0 Å². The molecular weight excluding hydrogens is 258 g/mol. The van der Waals surface area contributed by atoms with Gasteiger partial charge in [-0.1, -0.05) is 27.7 Å². The second-order valence-corrected chi connectivity index (χ2v) is 7.43. The van der Waals surface area contributed by atoms with E-state index >= 15 is 0 Å². The maximum atomic E-state index is 6.41. The number of hydrogen-bond donors (Lipinski definition) is 1. The van der Waals surface area contributed by atoms with Gasteiger partial charge in [0.1, 0.15) is 0 Å². The van der Waals surface area contributed by atoms with Crippen LogP contribution in [0.25, 0.3) is 0 Å². The molecule has 0 saturated carbocycles. The topological polar surface area (TPSA) is 34.2 Å². The summed E-state index contributed by atoms with van der Waals surface area (Å²) < 4.78 is 2.52. The van der Waals surface area contributed by atoms with Gasteiger partial charge in [-0.2, -0.15) is 0 Å². The molecule has 1 atom stereocenters. The second kappa shape index (κ2) is 6.53. The predicted octanol–water partition coefficient (Wildman–Crippen LogP) is 3.50. The van der Waals surface area contributed by atoms with E-state index in [0.717, 1.165) is 32.5 Å². The van der Waals surface area contributed by atoms with Crippen molar-refractivity contribution in [1.82, 2.24) is 9.47 Å². The van der Waals surface area contributed by atoms with E-state index in [4.69, 9.17) is 5.73 Å². The lowest BCUT2D eigenvalue weighted by Gasteiger charge is -2.35. The molecule has 3 heteroatoms. The molecule has 0 bridgehead atoms. The summed E-state index contributed by atoms with van der Waals surface area (Å²) >= 11 is 0. The van der Waals surface area contributed by atoms with Crippen LogP contribution in [0.1, 0.15) is 63.5 Å². The van der Waals surface area contributed by atoms with Crippen LogP contribution < -0.4 is 5.73 Å². The van der Waals surface area contributed by atoms with Gasteiger partial charge in [-0.25, -0.2) is 0 Å². The van der Waals surface area contributed by atoms with Gasteiger partial charge in [0, 0.05) is 30.5 Å². The maximum Gasteiger partial charge on any atom is 0.0352 e. The van der Waals surface area contributed by atoms with Crippen molar-refractivity contribution < 1.29 is 0 Å². The third-order valence-electron chi connectivity index (χ3n) is 4.89. The van der Waals surface area contributed by atoms with Crippen molar-refractivity contribution in [3.63, 3.8) is 0 Å². The zero-order valence-corrected chi connectivity index (χ0v) is 14.6. The molecule has 21 heavy (non-hydrogen) atoms. The van der Waals surface area contributed by atoms with E-state index in [-0.39, 0.29) is 6.04 Å². The highest BCUT2D eigenvalue weighted by Crippen LogP contribution is 2.40. The van der Waals surface area contributed by atoms with Crippen LogP contribution in [0.15, 0.2) is 6.07 Å². The number of rotatable bonds is 6. The highest BCUT2D eigenvalue weighted by Gasteiger charge is 2.33. The van der Waals surface area contributed by atoms with Gasteiger partial charge < -0.3 is 15.2 Å². The van der Waals surface area contributed by atoms with Gasteiger partial charge in [-0.15, -0.1) is 0 Å². The Morgan fingerprint density at radius 2 is 2.05 bits per heavy atom. The van der Waals surface area contributed by atoms with Crippen molar-refractivity contribution in [2.45, 2.75) is 66.5 Å². The zero-order chi connectivity index (χ0) is 15.6. The van der Waals surface area contributed by atoms with Gasteiger partial charge in [0.05, 0.1) is 0 Å². The molecule has 0 aliphatic heterocycles. The van der Waals surface area contributed by atoms with Gasteiger partial charge in [-0.3, -0.25) is 0 Å². The summed E-state index contributed by atoms with van der Waals surface area (Å²) in [5.41, 5.74) is 11.0. The first-order valence-electron chi connectivity index (χ1n) is 8.54. The minimum Gasteiger partial charge on any atom is -0.347 e. The number of nitrogens with zero attached hydrogens (tertiary/aromatic N) is 2. The quantitative estimate of drug-likeness (QED) is 0.870. The molecule has 120 valence electrons. The molecule has 0 spiro atoms. The number of hydrogen-bond acceptors (Lipinski definition) is 2. The van der Waals surface area contributed by atoms with E-state index in [1.54, 1.807) is 0 Å². The number of aryl methyl sites for hydroxylation is 1. The Morgan fingerprint density at radius 3 is 2.67 bits per heavy atom. The number of fused-ring (bicyclic) bond motifs is 1. The summed E-state index contributed by atoms with van der Waals surface area (Å²) in [6.07, 6.45) is 3.48. The number of likely N-dealkylation sites (N-methyl/N-ethyl adjacent to an activating group) is 1. The average molecular weight is 291 g/mol. The first-order chi connectivity index (χ1) is 9.88. The molecule has 2 N–H and O–H groups in total. The molecule has 0 fully saturated rings. The van der Waals surface area contributed by atoms with Gasteiger partial charge in [0.2, 0.25) is 0 Å². The van der Waals surface area contributed by atoms with Crippen LogP contribution in [0.5, 0.6) is 0 Å². The lowest BCUT2D eigenvalue weighted by molar-refractivity contribution is 0.258. The van der Waals surface area contributed by atoms with E-state index in [1.807, 2.05) is 0 Å². The fourth-order valence-electron chi connectivity index (χ4n) is 3.80. The molecule has 1 aromatic heterocycles. The van der Waals surface area contributed by atoms with Gasteiger partial charge >= 0.3 is 0 Å². The molecule has 1 unspecified atom stereocenters. The van der Waals surface area contributed by atoms with E-state index in [2.05, 4.69) is 50.2 Å². The van der Waals surface area contributed by atoms with Crippen LogP contribution in [-0.4, -0.2) is 29.1 Å². The number of nitrogens with two attached hydrogens (primary N) is 1. The Hall–Kier alpha value is -0.800. The lowest BCUT2D eigenvalue weighted by Crippen LogP contribution is -2.32. The zero-order valence-electron chi connectivity index (χ0n) is 14.6. The summed E-state index contributed by atoms with van der Waals surface area (Å²) in [4.78, 5) is 2.54. The third-order valence-corrected chi connectivity index (χ3v) is 4.89. The molecule has 3 nitrogen and oxygen atoms in total. The van der Waals surface area contributed by atoms with Crippen molar-refractivity contribution in [2.75, 3.05) is 19.6 Å². The standard InChI is InChI=1S/C18H33N3/c1-6-8-20(7-2)9-10-21-14(3)11-15-16(19)12-18(4,5)13-17(15)21/h11,16H,6-10,12-13,19H2,1-5H3. The summed E-state index contributed by atoms with van der Waals surface area (Å²) in [6.45, 7) is 16.0. The monoisotopic (exact) mass is 291 g/mol. The predicted molar refractivity (Wildman–Crippen MR) is 90.6 cm³/mol. The van der Waals surface area contributed by atoms with E-state index in [1.165, 1.54) is 29.9 Å². The first-order valence-corrected chi connectivity index (χ1v) is 8.54. The van der Waals surface area contributed by atoms with Crippen molar-refractivity contribution in [3.8, 4) is 0 Å². The van der Waals surface area contributed by atoms with Crippen molar-refractivity contribution in [3.05, 3.63) is 23.0 Å². The second-order valence-electron chi connectivity index (χ2n) is 7.43. The largest absolute Gasteiger partial charge is 0.347 e. The summed E-state index contributed by atoms with van der Waals surface area (Å²) in [5.74, 6) is 0. The van der Waals surface area contributed by atoms with Crippen LogP contribution in [0.2, 0.25) is 0 Å². The summed E-state index contributed by atoms with van der Waals surface area (Å²) in [5, 5.41) is 0. The van der Waals surface area contributed by atoms with Crippen LogP contribution in [-0.2, 0) is 13.0 Å². The molecule has 1 heterocycles. The van der Waals surface area contributed by atoms with Gasteiger partial charge in [0.25, 0.3) is 0 Å². The molecule has 1 aliphatic carbocycles. The Balaban J connectivity index is 2.18. The maximum absolute atomic E-state index is 6.41. The Bertz CT molecular complexity index is 473. The molecule has 2 rings (SSSR count). The average Bonchev–Trinajstić information content (AvgIpc) is 2.70. The highest BCUT2D eigenvalue weighted by atomic mass is 15.1. The van der Waals surface area contributed by atoms with Crippen LogP contribution in [0.4, 0.5) is 0 Å². The van der Waals surface area contributed by atoms with E-state index in [0.29, 0.717) is 5.41 Å². The first kappa shape index (κ1) is 16.6. The minimum atomic E-state index is 0.210. The van der Waals surface area contributed by atoms with Crippen LogP contribution in [0, 0.1) is 12.3 Å². The van der Waals surface area contributed by atoms with E-state index in [9.17, 15) is 0 Å². The lowest BCUT2D eigenvalue weighted by atomic mass is 9.74. The minimum absolute atomic E-state index is 0.210. The molecule has 0 saturated heterocycles. The third kappa shape index (κ3) is 3.70. The Kier molecular flexibility index (Phi) is 5.15. The van der Waals surface area contributed by atoms with Crippen molar-refractivity contribution in [1.29, 1.82) is 0 Å². The smallest absolute Gasteiger partial charge is 0.0352 e. The highest BCUT2D eigenvalue weighted by molar-refractivity contribution is 5.34. The van der Waals surface area contributed by atoms with Crippen LogP contribution in [0.3, 0.4) is 0 Å². The summed E-state index contributed by atoms with van der Waals surface area (Å²) in [6, 6.07) is 2.53. The Labute approximate surface area is 130 Å². The number of aromatic nitrogens is 1. The molecule has 0 aromatic carbocycles. The SMILES string of the molecule is CCCN(CC)CCn1c(C)cc2c1CC(C)(C)CC2N. The molecule has 0 amide bonds. The molecule has 0 radical (unpaired) electrons. The molecular formula is C18H33N3. The van der Waals surface area contributed by atoms with Crippen molar-refractivity contribution in [2.24, 2.45) is 11.1 Å². The van der Waals surface area contributed by atoms with Crippen molar-refractivity contribution >= 4 is 0 Å². The van der Waals surface area contributed by atoms with Crippen LogP contribution >= 0.6 is 0 Å². The molecule has 1 aliphatic rings. The fourth-order valence-corrected chi connectivity index (χ4v) is 3.80. The normalized spacial score (nSPS) is 20.8. The van der Waals surface area contributed by atoms with E-state index < -0.39 is 0 Å². The molecule has 1 aromatic rings. The summed E-state index contributed by atoms with van der Waals surface area (Å²) in [7, 11) is 0. The fraction of sp³-hybridized carbons (Fsp3) is 0.778. The van der Waals surface area contributed by atoms with Gasteiger partial charge in [-0.05, 0) is 56.3 Å². The Morgan fingerprint density at radius 1 is 1.33 bits per heavy atom.